The number of imide groups is 1. The maximum atomic E-state index is 13.7. The van der Waals surface area contributed by atoms with E-state index in [9.17, 15) is 18.8 Å². The summed E-state index contributed by atoms with van der Waals surface area (Å²) in [4.78, 5) is 39.2. The Bertz CT molecular complexity index is 791. The summed E-state index contributed by atoms with van der Waals surface area (Å²) in [6.45, 7) is 7.91. The quantitative estimate of drug-likeness (QED) is 0.673. The Hall–Kier alpha value is -2.84. The molecule has 0 aromatic heterocycles. The van der Waals surface area contributed by atoms with E-state index in [-0.39, 0.29) is 24.1 Å². The maximum Gasteiger partial charge on any atom is 0.322 e. The number of hydrogen-bond donors (Lipinski definition) is 2. The Morgan fingerprint density at radius 1 is 1.12 bits per heavy atom. The summed E-state index contributed by atoms with van der Waals surface area (Å²) >= 11 is 0. The van der Waals surface area contributed by atoms with Crippen LogP contribution >= 0.6 is 0 Å². The topological polar surface area (TPSA) is 91.0 Å². The van der Waals surface area contributed by atoms with Gasteiger partial charge in [0.15, 0.2) is 0 Å². The van der Waals surface area contributed by atoms with Crippen LogP contribution in [0.2, 0.25) is 0 Å². The van der Waals surface area contributed by atoms with Gasteiger partial charge in [-0.1, -0.05) is 40.0 Å². The van der Waals surface area contributed by atoms with E-state index in [0.29, 0.717) is 31.9 Å². The van der Waals surface area contributed by atoms with E-state index in [2.05, 4.69) is 10.6 Å². The molecule has 0 bridgehead atoms. The molecule has 1 aromatic carbocycles. The van der Waals surface area contributed by atoms with Crippen LogP contribution in [0.25, 0.3) is 0 Å². The number of halogens is 1. The average Bonchev–Trinajstić information content (AvgIpc) is 3.65. The van der Waals surface area contributed by atoms with E-state index in [0.717, 1.165) is 5.69 Å². The van der Waals surface area contributed by atoms with Crippen LogP contribution in [0, 0.1) is 11.7 Å². The number of hydrogen-bond acceptors (Lipinski definition) is 5. The zero-order valence-electron chi connectivity index (χ0n) is 19.4. The van der Waals surface area contributed by atoms with Gasteiger partial charge in [0.2, 0.25) is 5.91 Å². The molecule has 2 heterocycles. The molecule has 4 amide bonds. The Morgan fingerprint density at radius 2 is 1.75 bits per heavy atom. The monoisotopic (exact) mass is 450 g/mol. The van der Waals surface area contributed by atoms with Crippen molar-refractivity contribution in [3.63, 3.8) is 0 Å². The third-order valence-corrected chi connectivity index (χ3v) is 5.27. The van der Waals surface area contributed by atoms with Crippen LogP contribution in [0.5, 0.6) is 5.75 Å². The molecule has 9 heteroatoms. The summed E-state index contributed by atoms with van der Waals surface area (Å²) in [7, 11) is 1.49. The number of ether oxygens (including phenoxy) is 1. The predicted molar refractivity (Wildman–Crippen MR) is 121 cm³/mol. The molecule has 1 aliphatic carbocycles. The number of carbonyl (C=O) groups excluding carboxylic acids is 3. The van der Waals surface area contributed by atoms with Crippen molar-refractivity contribution in [2.45, 2.75) is 52.5 Å². The van der Waals surface area contributed by atoms with Crippen molar-refractivity contribution in [3.8, 4) is 5.75 Å². The standard InChI is InChI=1S/C18H23FN4O4.C3H6.C2H6/c1-11(7-15-16(24)21-18(26)20-15)17(25)23-5-3-22(4-6-23)13-8-12(19)9-14(10-13)27-2;1-2-3-1;1-2/h8-11,15H,3-7H2,1-2H3,(H2,20,21,24,26);1-3H2;1-2H3. The van der Waals surface area contributed by atoms with Crippen molar-refractivity contribution < 1.29 is 23.5 Å². The minimum Gasteiger partial charge on any atom is -0.497 e. The number of anilines is 1. The van der Waals surface area contributed by atoms with Crippen LogP contribution in [0.4, 0.5) is 14.9 Å². The smallest absolute Gasteiger partial charge is 0.322 e. The van der Waals surface area contributed by atoms with Gasteiger partial charge in [0.1, 0.15) is 17.6 Å². The number of rotatable bonds is 5. The molecule has 2 atom stereocenters. The number of piperazine rings is 1. The minimum atomic E-state index is -0.669. The fraction of sp³-hybridized carbons (Fsp3) is 0.609. The molecule has 2 N–H and O–H groups in total. The fourth-order valence-electron chi connectivity index (χ4n) is 3.42. The highest BCUT2D eigenvalue weighted by molar-refractivity contribution is 6.04. The van der Waals surface area contributed by atoms with Gasteiger partial charge in [-0.2, -0.15) is 0 Å². The van der Waals surface area contributed by atoms with Crippen LogP contribution in [0.1, 0.15) is 46.5 Å². The van der Waals surface area contributed by atoms with E-state index >= 15 is 0 Å². The van der Waals surface area contributed by atoms with Crippen molar-refractivity contribution in [3.05, 3.63) is 24.0 Å². The summed E-state index contributed by atoms with van der Waals surface area (Å²) in [5, 5.41) is 4.68. The van der Waals surface area contributed by atoms with Crippen LogP contribution in [0.3, 0.4) is 0 Å². The first-order chi connectivity index (χ1) is 15.4. The number of nitrogens with one attached hydrogen (secondary N) is 2. The van der Waals surface area contributed by atoms with Crippen molar-refractivity contribution >= 4 is 23.5 Å². The lowest BCUT2D eigenvalue weighted by atomic mass is 10.00. The molecular formula is C23H35FN4O4. The average molecular weight is 451 g/mol. The van der Waals surface area contributed by atoms with Crippen LogP contribution < -0.4 is 20.3 Å². The Kier molecular flexibility index (Phi) is 9.74. The lowest BCUT2D eigenvalue weighted by molar-refractivity contribution is -0.135. The lowest BCUT2D eigenvalue weighted by Crippen LogP contribution is -2.50. The lowest BCUT2D eigenvalue weighted by Gasteiger charge is -2.37. The molecule has 3 fully saturated rings. The normalized spacial score (nSPS) is 20.1. The largest absolute Gasteiger partial charge is 0.497 e. The molecule has 2 aliphatic heterocycles. The molecule has 3 aliphatic rings. The molecule has 8 nitrogen and oxygen atoms in total. The molecule has 0 radical (unpaired) electrons. The van der Waals surface area contributed by atoms with E-state index < -0.39 is 18.0 Å². The second-order valence-electron chi connectivity index (χ2n) is 7.87. The van der Waals surface area contributed by atoms with Crippen molar-refractivity contribution in [1.82, 2.24) is 15.5 Å². The van der Waals surface area contributed by atoms with Crippen molar-refractivity contribution in [2.75, 3.05) is 38.2 Å². The summed E-state index contributed by atoms with van der Waals surface area (Å²) in [5.41, 5.74) is 0.720. The highest BCUT2D eigenvalue weighted by Gasteiger charge is 2.34. The molecule has 1 saturated carbocycles. The van der Waals surface area contributed by atoms with Gasteiger partial charge in [-0.05, 0) is 12.5 Å². The van der Waals surface area contributed by atoms with Crippen molar-refractivity contribution in [1.29, 1.82) is 0 Å². The Balaban J connectivity index is 0.000000653. The minimum absolute atomic E-state index is 0.0552. The van der Waals surface area contributed by atoms with Crippen LogP contribution in [-0.4, -0.2) is 62.1 Å². The van der Waals surface area contributed by atoms with Gasteiger partial charge in [0.05, 0.1) is 7.11 Å². The first-order valence-electron chi connectivity index (χ1n) is 11.4. The Labute approximate surface area is 189 Å². The summed E-state index contributed by atoms with van der Waals surface area (Å²) in [5.74, 6) is -0.757. The predicted octanol–water partition coefficient (Wildman–Crippen LogP) is 2.91. The Morgan fingerprint density at radius 3 is 2.25 bits per heavy atom. The maximum absolute atomic E-state index is 13.7. The molecule has 4 rings (SSSR count). The molecule has 2 saturated heterocycles. The zero-order chi connectivity index (χ0) is 23.7. The van der Waals surface area contributed by atoms with E-state index in [1.807, 2.05) is 18.7 Å². The molecule has 32 heavy (non-hydrogen) atoms. The highest BCUT2D eigenvalue weighted by Crippen LogP contribution is 2.25. The first kappa shape index (κ1) is 25.4. The van der Waals surface area contributed by atoms with Gasteiger partial charge in [-0.15, -0.1) is 0 Å². The number of methoxy groups -OCH3 is 1. The summed E-state index contributed by atoms with van der Waals surface area (Å²) in [6.07, 6.45) is 4.76. The van der Waals surface area contributed by atoms with Crippen molar-refractivity contribution in [2.24, 2.45) is 5.92 Å². The number of nitrogens with zero attached hydrogens (tertiary/aromatic N) is 2. The van der Waals surface area contributed by atoms with Gasteiger partial charge in [0.25, 0.3) is 5.91 Å². The summed E-state index contributed by atoms with van der Waals surface area (Å²) in [6, 6.07) is 3.35. The van der Waals surface area contributed by atoms with E-state index in [1.54, 1.807) is 17.9 Å². The third kappa shape index (κ3) is 7.39. The first-order valence-corrected chi connectivity index (χ1v) is 11.4. The van der Waals surface area contributed by atoms with Gasteiger partial charge in [-0.3, -0.25) is 14.9 Å². The molecular weight excluding hydrogens is 415 g/mol. The van der Waals surface area contributed by atoms with Crippen LogP contribution in [0.15, 0.2) is 18.2 Å². The van der Waals surface area contributed by atoms with E-state index in [1.165, 1.54) is 38.5 Å². The number of benzene rings is 1. The molecule has 178 valence electrons. The van der Waals surface area contributed by atoms with Gasteiger partial charge < -0.3 is 19.9 Å². The molecule has 1 aromatic rings. The SMILES string of the molecule is C1CC1.CC.COc1cc(F)cc(N2CCN(C(=O)C(C)CC3NC(=O)NC3=O)CC2)c1. The van der Waals surface area contributed by atoms with Gasteiger partial charge in [-0.25, -0.2) is 9.18 Å². The second kappa shape index (κ2) is 12.3. The zero-order valence-corrected chi connectivity index (χ0v) is 19.4. The highest BCUT2D eigenvalue weighted by atomic mass is 19.1. The van der Waals surface area contributed by atoms with Crippen LogP contribution in [-0.2, 0) is 9.59 Å². The number of urea groups is 1. The van der Waals surface area contributed by atoms with E-state index in [4.69, 9.17) is 4.74 Å². The number of carbonyl (C=O) groups is 3. The van der Waals surface area contributed by atoms with Gasteiger partial charge >= 0.3 is 6.03 Å². The van der Waals surface area contributed by atoms with Gasteiger partial charge in [0, 0.05) is 49.9 Å². The molecule has 0 spiro atoms. The third-order valence-electron chi connectivity index (χ3n) is 5.27. The number of amides is 4. The second-order valence-corrected chi connectivity index (χ2v) is 7.87. The fourth-order valence-corrected chi connectivity index (χ4v) is 3.42. The summed E-state index contributed by atoms with van der Waals surface area (Å²) < 4.78 is 18.8. The molecule has 2 unspecified atom stereocenters.